The molecule has 1 heterocycles. The first-order chi connectivity index (χ1) is 7.20. The number of carboxylic acid groups (broad SMARTS) is 1. The van der Waals surface area contributed by atoms with E-state index in [0.29, 0.717) is 6.42 Å². The third kappa shape index (κ3) is 1.88. The number of benzene rings is 1. The standard InChI is InChI=1S/C11H13NO3/c1-15-8-4-2-7-3-5-9(11(13)14)12-10(7)6-8/h2,4,6,9,12H,3,5H2,1H3,(H,13,14). The number of aliphatic carboxylic acids is 1. The van der Waals surface area contributed by atoms with Crippen LogP contribution in [0.3, 0.4) is 0 Å². The lowest BCUT2D eigenvalue weighted by Crippen LogP contribution is -2.33. The average molecular weight is 207 g/mol. The molecule has 4 heteroatoms. The molecule has 15 heavy (non-hydrogen) atoms. The van der Waals surface area contributed by atoms with Gasteiger partial charge in [-0.1, -0.05) is 6.07 Å². The van der Waals surface area contributed by atoms with Crippen molar-refractivity contribution >= 4 is 11.7 Å². The molecule has 0 bridgehead atoms. The summed E-state index contributed by atoms with van der Waals surface area (Å²) in [6.45, 7) is 0. The summed E-state index contributed by atoms with van der Waals surface area (Å²) in [4.78, 5) is 10.8. The number of aryl methyl sites for hydroxylation is 1. The normalized spacial score (nSPS) is 18.9. The molecule has 0 saturated heterocycles. The molecule has 1 unspecified atom stereocenters. The summed E-state index contributed by atoms with van der Waals surface area (Å²) in [5.41, 5.74) is 2.02. The average Bonchev–Trinajstić information content (AvgIpc) is 2.27. The fourth-order valence-corrected chi connectivity index (χ4v) is 1.78. The van der Waals surface area contributed by atoms with E-state index in [1.807, 2.05) is 18.2 Å². The van der Waals surface area contributed by atoms with E-state index < -0.39 is 12.0 Å². The van der Waals surface area contributed by atoms with Crippen molar-refractivity contribution in [1.82, 2.24) is 0 Å². The minimum Gasteiger partial charge on any atom is -0.497 e. The van der Waals surface area contributed by atoms with Gasteiger partial charge in [0.25, 0.3) is 0 Å². The van der Waals surface area contributed by atoms with Gasteiger partial charge in [0.05, 0.1) is 7.11 Å². The van der Waals surface area contributed by atoms with Crippen LogP contribution in [0, 0.1) is 0 Å². The maximum atomic E-state index is 10.8. The van der Waals surface area contributed by atoms with E-state index in [4.69, 9.17) is 9.84 Å². The predicted octanol–water partition coefficient (Wildman–Crippen LogP) is 1.51. The van der Waals surface area contributed by atoms with Crippen molar-refractivity contribution in [3.8, 4) is 5.75 Å². The Hall–Kier alpha value is -1.71. The van der Waals surface area contributed by atoms with Gasteiger partial charge in [0, 0.05) is 11.8 Å². The Morgan fingerprint density at radius 2 is 2.40 bits per heavy atom. The maximum Gasteiger partial charge on any atom is 0.326 e. The highest BCUT2D eigenvalue weighted by Crippen LogP contribution is 2.28. The van der Waals surface area contributed by atoms with E-state index >= 15 is 0 Å². The number of anilines is 1. The highest BCUT2D eigenvalue weighted by Gasteiger charge is 2.23. The Bertz CT molecular complexity index is 389. The molecule has 2 rings (SSSR count). The second kappa shape index (κ2) is 3.81. The van der Waals surface area contributed by atoms with Crippen molar-refractivity contribution in [2.45, 2.75) is 18.9 Å². The molecule has 0 amide bonds. The van der Waals surface area contributed by atoms with E-state index in [9.17, 15) is 4.79 Å². The van der Waals surface area contributed by atoms with Gasteiger partial charge in [-0.3, -0.25) is 0 Å². The zero-order valence-corrected chi connectivity index (χ0v) is 8.49. The largest absolute Gasteiger partial charge is 0.497 e. The van der Waals surface area contributed by atoms with Crippen LogP contribution in [0.15, 0.2) is 18.2 Å². The monoisotopic (exact) mass is 207 g/mol. The summed E-state index contributed by atoms with van der Waals surface area (Å²) in [5, 5.41) is 11.9. The lowest BCUT2D eigenvalue weighted by Gasteiger charge is -2.24. The summed E-state index contributed by atoms with van der Waals surface area (Å²) in [6.07, 6.45) is 1.43. The van der Waals surface area contributed by atoms with Gasteiger partial charge in [-0.25, -0.2) is 4.79 Å². The summed E-state index contributed by atoms with van der Waals surface area (Å²) in [5.74, 6) is -0.0595. The second-order valence-corrected chi connectivity index (χ2v) is 3.60. The molecule has 1 aromatic rings. The number of fused-ring (bicyclic) bond motifs is 1. The quantitative estimate of drug-likeness (QED) is 0.771. The molecule has 0 radical (unpaired) electrons. The zero-order chi connectivity index (χ0) is 10.8. The van der Waals surface area contributed by atoms with E-state index in [1.165, 1.54) is 0 Å². The molecule has 1 aliphatic heterocycles. The minimum atomic E-state index is -0.802. The Kier molecular flexibility index (Phi) is 2.49. The Balaban J connectivity index is 2.27. The van der Waals surface area contributed by atoms with Gasteiger partial charge in [0.15, 0.2) is 0 Å². The second-order valence-electron chi connectivity index (χ2n) is 3.60. The molecule has 0 saturated carbocycles. The van der Waals surface area contributed by atoms with Crippen LogP contribution >= 0.6 is 0 Å². The lowest BCUT2D eigenvalue weighted by atomic mass is 9.98. The van der Waals surface area contributed by atoms with Crippen molar-refractivity contribution in [1.29, 1.82) is 0 Å². The van der Waals surface area contributed by atoms with Crippen LogP contribution in [0.2, 0.25) is 0 Å². The molecule has 80 valence electrons. The van der Waals surface area contributed by atoms with Crippen molar-refractivity contribution < 1.29 is 14.6 Å². The Morgan fingerprint density at radius 1 is 1.60 bits per heavy atom. The first-order valence-electron chi connectivity index (χ1n) is 4.87. The molecule has 0 aliphatic carbocycles. The minimum absolute atomic E-state index is 0.482. The summed E-state index contributed by atoms with van der Waals surface area (Å²) in [6, 6.07) is 5.22. The zero-order valence-electron chi connectivity index (χ0n) is 8.49. The fraction of sp³-hybridized carbons (Fsp3) is 0.364. The molecule has 2 N–H and O–H groups in total. The molecule has 1 atom stereocenters. The van der Waals surface area contributed by atoms with Gasteiger partial charge in [-0.15, -0.1) is 0 Å². The third-order valence-corrected chi connectivity index (χ3v) is 2.65. The molecule has 0 fully saturated rings. The third-order valence-electron chi connectivity index (χ3n) is 2.65. The Labute approximate surface area is 87.9 Å². The first-order valence-corrected chi connectivity index (χ1v) is 4.87. The molecule has 0 aromatic heterocycles. The number of carbonyl (C=O) groups is 1. The fourth-order valence-electron chi connectivity index (χ4n) is 1.78. The lowest BCUT2D eigenvalue weighted by molar-refractivity contribution is -0.138. The van der Waals surface area contributed by atoms with Crippen molar-refractivity contribution in [3.05, 3.63) is 23.8 Å². The van der Waals surface area contributed by atoms with Crippen molar-refractivity contribution in [2.75, 3.05) is 12.4 Å². The molecule has 1 aliphatic rings. The van der Waals surface area contributed by atoms with Gasteiger partial charge < -0.3 is 15.2 Å². The smallest absolute Gasteiger partial charge is 0.326 e. The Morgan fingerprint density at radius 3 is 3.07 bits per heavy atom. The molecular weight excluding hydrogens is 194 g/mol. The van der Waals surface area contributed by atoms with Gasteiger partial charge in [0.1, 0.15) is 11.8 Å². The van der Waals surface area contributed by atoms with E-state index in [2.05, 4.69) is 5.32 Å². The van der Waals surface area contributed by atoms with Crippen LogP contribution in [0.25, 0.3) is 0 Å². The first kappa shape index (κ1) is 9.83. The van der Waals surface area contributed by atoms with Gasteiger partial charge in [-0.05, 0) is 24.5 Å². The highest BCUT2D eigenvalue weighted by atomic mass is 16.5. The topological polar surface area (TPSA) is 58.6 Å². The number of carboxylic acids is 1. The molecule has 0 spiro atoms. The van der Waals surface area contributed by atoms with E-state index in [-0.39, 0.29) is 0 Å². The number of rotatable bonds is 2. The number of ether oxygens (including phenoxy) is 1. The number of hydrogen-bond donors (Lipinski definition) is 2. The number of nitrogens with one attached hydrogen (secondary N) is 1. The van der Waals surface area contributed by atoms with Crippen LogP contribution in [0.1, 0.15) is 12.0 Å². The van der Waals surface area contributed by atoms with Crippen molar-refractivity contribution in [2.24, 2.45) is 0 Å². The van der Waals surface area contributed by atoms with Gasteiger partial charge >= 0.3 is 5.97 Å². The van der Waals surface area contributed by atoms with E-state index in [0.717, 1.165) is 23.4 Å². The van der Waals surface area contributed by atoms with Gasteiger partial charge in [-0.2, -0.15) is 0 Å². The SMILES string of the molecule is COc1ccc2c(c1)NC(C(=O)O)CC2. The summed E-state index contributed by atoms with van der Waals surface area (Å²) in [7, 11) is 1.60. The van der Waals surface area contributed by atoms with Crippen LogP contribution in [0.5, 0.6) is 5.75 Å². The molecule has 4 nitrogen and oxygen atoms in total. The summed E-state index contributed by atoms with van der Waals surface area (Å²) < 4.78 is 5.09. The van der Waals surface area contributed by atoms with Crippen LogP contribution < -0.4 is 10.1 Å². The predicted molar refractivity (Wildman–Crippen MR) is 56.4 cm³/mol. The van der Waals surface area contributed by atoms with Crippen LogP contribution in [0.4, 0.5) is 5.69 Å². The number of hydrogen-bond acceptors (Lipinski definition) is 3. The van der Waals surface area contributed by atoms with Crippen LogP contribution in [-0.2, 0) is 11.2 Å². The highest BCUT2D eigenvalue weighted by molar-refractivity contribution is 5.79. The van der Waals surface area contributed by atoms with Gasteiger partial charge in [0.2, 0.25) is 0 Å². The van der Waals surface area contributed by atoms with Crippen LogP contribution in [-0.4, -0.2) is 24.2 Å². The number of methoxy groups -OCH3 is 1. The maximum absolute atomic E-state index is 10.8. The van der Waals surface area contributed by atoms with E-state index in [1.54, 1.807) is 7.11 Å². The van der Waals surface area contributed by atoms with Crippen molar-refractivity contribution in [3.63, 3.8) is 0 Å². The summed E-state index contributed by atoms with van der Waals surface area (Å²) >= 11 is 0. The molecule has 1 aromatic carbocycles. The molecular formula is C11H13NO3.